The van der Waals surface area contributed by atoms with Gasteiger partial charge in [-0.15, -0.1) is 0 Å². The maximum absolute atomic E-state index is 12.1. The molecule has 0 aromatic carbocycles. The number of esters is 2. The lowest BCUT2D eigenvalue weighted by molar-refractivity contribution is -0.193. The molecule has 2 heterocycles. The fourth-order valence-electron chi connectivity index (χ4n) is 6.84. The largest absolute Gasteiger partial charge is 0.469 e. The summed E-state index contributed by atoms with van der Waals surface area (Å²) in [7, 11) is 1.42. The Morgan fingerprint density at radius 2 is 1.61 bits per heavy atom. The quantitative estimate of drug-likeness (QED) is 0.133. The van der Waals surface area contributed by atoms with Gasteiger partial charge in [-0.25, -0.2) is 0 Å². The first-order valence-electron chi connectivity index (χ1n) is 16.1. The average Bonchev–Trinajstić information content (AvgIpc) is 3.62. The van der Waals surface area contributed by atoms with E-state index in [1.165, 1.54) is 39.7 Å². The van der Waals surface area contributed by atoms with Crippen LogP contribution >= 0.6 is 0 Å². The maximum atomic E-state index is 12.1. The molecule has 2 aliphatic carbocycles. The van der Waals surface area contributed by atoms with E-state index in [0.717, 1.165) is 71.0 Å². The number of hydrogen-bond donors (Lipinski definition) is 0. The van der Waals surface area contributed by atoms with Crippen molar-refractivity contribution in [3.05, 3.63) is 24.3 Å². The van der Waals surface area contributed by atoms with E-state index in [9.17, 15) is 9.59 Å². The van der Waals surface area contributed by atoms with Crippen LogP contribution < -0.4 is 0 Å². The van der Waals surface area contributed by atoms with Crippen LogP contribution in [0.2, 0.25) is 0 Å². The Balaban J connectivity index is 1.50. The lowest BCUT2D eigenvalue weighted by atomic mass is 9.88. The van der Waals surface area contributed by atoms with Gasteiger partial charge in [0.15, 0.2) is 12.6 Å². The molecule has 2 saturated carbocycles. The van der Waals surface area contributed by atoms with Crippen LogP contribution in [0.3, 0.4) is 0 Å². The molecule has 8 heteroatoms. The number of rotatable bonds is 14. The minimum atomic E-state index is -0.263. The summed E-state index contributed by atoms with van der Waals surface area (Å²) in [6.07, 6.45) is 22.6. The van der Waals surface area contributed by atoms with Gasteiger partial charge in [-0.3, -0.25) is 9.59 Å². The van der Waals surface area contributed by atoms with E-state index in [1.807, 2.05) is 0 Å². The third-order valence-corrected chi connectivity index (χ3v) is 9.04. The van der Waals surface area contributed by atoms with Crippen molar-refractivity contribution in [3.63, 3.8) is 0 Å². The van der Waals surface area contributed by atoms with Crippen molar-refractivity contribution in [1.29, 1.82) is 0 Å². The average molecular weight is 577 g/mol. The molecule has 2 unspecified atom stereocenters. The second kappa shape index (κ2) is 17.4. The first-order chi connectivity index (χ1) is 20.0. The van der Waals surface area contributed by atoms with Crippen molar-refractivity contribution in [2.45, 2.75) is 134 Å². The summed E-state index contributed by atoms with van der Waals surface area (Å²) in [6, 6.07) is 0. The van der Waals surface area contributed by atoms with Gasteiger partial charge in [0, 0.05) is 44.8 Å². The van der Waals surface area contributed by atoms with E-state index < -0.39 is 0 Å². The van der Waals surface area contributed by atoms with E-state index in [2.05, 4.69) is 24.3 Å². The molecule has 0 bridgehead atoms. The van der Waals surface area contributed by atoms with Gasteiger partial charge in [-0.2, -0.15) is 0 Å². The highest BCUT2D eigenvalue weighted by molar-refractivity contribution is 5.69. The molecule has 2 aliphatic heterocycles. The molecule has 4 aliphatic rings. The SMILES string of the molecule is COC(=O)CCC/C=C\C[C@@H]1[C@@H](/C=C/[C@@H](OC2CCCCO2)C2CCCC2)[C@H](OC2CCCCO2)C[C@@H]1OC(C)=O. The van der Waals surface area contributed by atoms with E-state index in [-0.39, 0.29) is 54.7 Å². The molecule has 0 N–H and O–H groups in total. The minimum Gasteiger partial charge on any atom is -0.469 e. The molecular formula is C33H52O8. The Bertz CT molecular complexity index is 838. The highest BCUT2D eigenvalue weighted by atomic mass is 16.7. The van der Waals surface area contributed by atoms with E-state index in [1.54, 1.807) is 0 Å². The molecular weight excluding hydrogens is 524 g/mol. The third kappa shape index (κ3) is 10.5. The number of allylic oxidation sites excluding steroid dienone is 2. The zero-order chi connectivity index (χ0) is 28.9. The minimum absolute atomic E-state index is 0.00877. The summed E-state index contributed by atoms with van der Waals surface area (Å²) in [4.78, 5) is 23.6. The predicted octanol–water partition coefficient (Wildman–Crippen LogP) is 6.41. The number of methoxy groups -OCH3 is 1. The monoisotopic (exact) mass is 576 g/mol. The summed E-state index contributed by atoms with van der Waals surface area (Å²) < 4.78 is 35.7. The van der Waals surface area contributed by atoms with Crippen molar-refractivity contribution >= 4 is 11.9 Å². The first-order valence-corrected chi connectivity index (χ1v) is 16.1. The molecule has 4 fully saturated rings. The zero-order valence-corrected chi connectivity index (χ0v) is 25.2. The highest BCUT2D eigenvalue weighted by Crippen LogP contribution is 2.42. The molecule has 0 radical (unpaired) electrons. The predicted molar refractivity (Wildman–Crippen MR) is 155 cm³/mol. The van der Waals surface area contributed by atoms with E-state index >= 15 is 0 Å². The third-order valence-electron chi connectivity index (χ3n) is 9.04. The lowest BCUT2D eigenvalue weighted by Crippen LogP contribution is -2.32. The smallest absolute Gasteiger partial charge is 0.305 e. The zero-order valence-electron chi connectivity index (χ0n) is 25.2. The Kier molecular flexibility index (Phi) is 13.7. The Labute approximate surface area is 246 Å². The highest BCUT2D eigenvalue weighted by Gasteiger charge is 2.45. The summed E-state index contributed by atoms with van der Waals surface area (Å²) in [5, 5.41) is 0. The number of carbonyl (C=O) groups is 2. The first kappa shape index (κ1) is 32.2. The normalized spacial score (nSPS) is 32.0. The van der Waals surface area contributed by atoms with Crippen LogP contribution in [0.25, 0.3) is 0 Å². The van der Waals surface area contributed by atoms with Gasteiger partial charge < -0.3 is 28.4 Å². The molecule has 0 aromatic rings. The Hall–Kier alpha value is -1.74. The second-order valence-electron chi connectivity index (χ2n) is 12.1. The van der Waals surface area contributed by atoms with Crippen LogP contribution in [0.4, 0.5) is 0 Å². The van der Waals surface area contributed by atoms with Crippen molar-refractivity contribution < 1.29 is 38.0 Å². The Morgan fingerprint density at radius 3 is 2.27 bits per heavy atom. The van der Waals surface area contributed by atoms with Crippen molar-refractivity contribution in [2.75, 3.05) is 20.3 Å². The van der Waals surface area contributed by atoms with Gasteiger partial charge in [-0.1, -0.05) is 37.1 Å². The van der Waals surface area contributed by atoms with E-state index in [0.29, 0.717) is 18.8 Å². The van der Waals surface area contributed by atoms with Crippen molar-refractivity contribution in [2.24, 2.45) is 17.8 Å². The molecule has 8 nitrogen and oxygen atoms in total. The number of carbonyl (C=O) groups excluding carboxylic acids is 2. The second-order valence-corrected chi connectivity index (χ2v) is 12.1. The van der Waals surface area contributed by atoms with Gasteiger partial charge in [0.1, 0.15) is 6.10 Å². The van der Waals surface area contributed by atoms with Crippen molar-refractivity contribution in [3.8, 4) is 0 Å². The molecule has 0 spiro atoms. The molecule has 232 valence electrons. The fraction of sp³-hybridized carbons (Fsp3) is 0.818. The van der Waals surface area contributed by atoms with E-state index in [4.69, 9.17) is 28.4 Å². The van der Waals surface area contributed by atoms with Gasteiger partial charge >= 0.3 is 11.9 Å². The van der Waals surface area contributed by atoms with Gasteiger partial charge in [0.25, 0.3) is 0 Å². The summed E-state index contributed by atoms with van der Waals surface area (Å²) in [5.74, 6) is 0.189. The molecule has 0 aromatic heterocycles. The standard InChI is InChI=1S/C33H52O8/c1-24(34)39-29-23-30(41-33-18-10-12-22-38-33)27(26(29)15-5-3-4-6-16-31(35)36-2)19-20-28(25-13-7-8-14-25)40-32-17-9-11-21-37-32/h3,5,19-20,25-30,32-33H,4,6-18,21-23H2,1-2H3/b5-3-,20-19+/t26-,27-,28-,29+,30-,32?,33?/m1/s1. The molecule has 7 atom stereocenters. The summed E-state index contributed by atoms with van der Waals surface area (Å²) in [6.45, 7) is 2.98. The van der Waals surface area contributed by atoms with Crippen LogP contribution in [-0.4, -0.2) is 63.2 Å². The van der Waals surface area contributed by atoms with Crippen LogP contribution in [0.5, 0.6) is 0 Å². The van der Waals surface area contributed by atoms with Crippen LogP contribution in [0.15, 0.2) is 24.3 Å². The lowest BCUT2D eigenvalue weighted by Gasteiger charge is -2.31. The fourth-order valence-corrected chi connectivity index (χ4v) is 6.84. The maximum Gasteiger partial charge on any atom is 0.305 e. The molecule has 41 heavy (non-hydrogen) atoms. The molecule has 4 rings (SSSR count). The van der Waals surface area contributed by atoms with Gasteiger partial charge in [0.2, 0.25) is 0 Å². The summed E-state index contributed by atoms with van der Waals surface area (Å²) >= 11 is 0. The van der Waals surface area contributed by atoms with Crippen molar-refractivity contribution in [1.82, 2.24) is 0 Å². The van der Waals surface area contributed by atoms with Gasteiger partial charge in [-0.05, 0) is 76.5 Å². The summed E-state index contributed by atoms with van der Waals surface area (Å²) in [5.41, 5.74) is 0. The van der Waals surface area contributed by atoms with Crippen LogP contribution in [0.1, 0.15) is 103 Å². The van der Waals surface area contributed by atoms with Crippen LogP contribution in [0, 0.1) is 17.8 Å². The van der Waals surface area contributed by atoms with Crippen LogP contribution in [-0.2, 0) is 38.0 Å². The topological polar surface area (TPSA) is 89.5 Å². The molecule has 0 amide bonds. The van der Waals surface area contributed by atoms with Gasteiger partial charge in [0.05, 0.1) is 19.3 Å². The molecule has 2 saturated heterocycles. The number of ether oxygens (including phenoxy) is 6. The number of hydrogen-bond acceptors (Lipinski definition) is 8. The Morgan fingerprint density at radius 1 is 0.902 bits per heavy atom. The number of unbranched alkanes of at least 4 members (excludes halogenated alkanes) is 1.